The molecule has 38 heavy (non-hydrogen) atoms. The Hall–Kier alpha value is -4.28. The first kappa shape index (κ1) is 25.4. The third kappa shape index (κ3) is 4.59. The lowest BCUT2D eigenvalue weighted by Crippen LogP contribution is -2.40. The first-order valence-corrected chi connectivity index (χ1v) is 12.8. The highest BCUT2D eigenvalue weighted by atomic mass is 35.5. The summed E-state index contributed by atoms with van der Waals surface area (Å²) in [5.41, 5.74) is 1.55. The van der Waals surface area contributed by atoms with Gasteiger partial charge in [-0.05, 0) is 49.7 Å². The Morgan fingerprint density at radius 1 is 1.21 bits per heavy atom. The van der Waals surface area contributed by atoms with Gasteiger partial charge in [0.05, 0.1) is 27.3 Å². The Morgan fingerprint density at radius 2 is 1.95 bits per heavy atom. The number of halogens is 1. The van der Waals surface area contributed by atoms with Crippen LogP contribution >= 0.6 is 22.9 Å². The molecule has 0 saturated heterocycles. The number of allylic oxidation sites excluding steroid dienone is 1. The number of non-ortho nitro benzene ring substituents is 1. The fourth-order valence-corrected chi connectivity index (χ4v) is 5.51. The molecule has 9 nitrogen and oxygen atoms in total. The Kier molecular flexibility index (Phi) is 6.83. The van der Waals surface area contributed by atoms with E-state index in [1.807, 2.05) is 0 Å². The topological polar surface area (TPSA) is 117 Å². The van der Waals surface area contributed by atoms with Gasteiger partial charge >= 0.3 is 5.97 Å². The summed E-state index contributed by atoms with van der Waals surface area (Å²) >= 11 is 7.68. The Balaban J connectivity index is 1.61. The number of aromatic nitrogens is 1. The SMILES string of the molecule is CCOC(=O)C1=C(C)N=c2sc(=Cc3ccc(-c4ccc([N+](=O)[O-])cc4)o3)c(=O)n2C1c1ccccc1Cl. The van der Waals surface area contributed by atoms with Crippen LogP contribution in [0.15, 0.2) is 86.1 Å². The van der Waals surface area contributed by atoms with E-state index in [2.05, 4.69) is 4.99 Å². The number of carbonyl (C=O) groups excluding carboxylic acids is 1. The van der Waals surface area contributed by atoms with Crippen LogP contribution in [-0.4, -0.2) is 22.1 Å². The smallest absolute Gasteiger partial charge is 0.338 e. The zero-order valence-corrected chi connectivity index (χ0v) is 21.8. The number of benzene rings is 2. The van der Waals surface area contributed by atoms with Crippen LogP contribution < -0.4 is 14.9 Å². The third-order valence-corrected chi connectivity index (χ3v) is 7.31. The monoisotopic (exact) mass is 549 g/mol. The molecule has 1 atom stereocenters. The largest absolute Gasteiger partial charge is 0.463 e. The molecule has 2 aromatic carbocycles. The second kappa shape index (κ2) is 10.2. The van der Waals surface area contributed by atoms with Gasteiger partial charge in [0.2, 0.25) is 0 Å². The summed E-state index contributed by atoms with van der Waals surface area (Å²) in [6.07, 6.45) is 1.60. The van der Waals surface area contributed by atoms with Gasteiger partial charge in [-0.25, -0.2) is 9.79 Å². The predicted octanol–water partition coefficient (Wildman–Crippen LogP) is 4.62. The van der Waals surface area contributed by atoms with E-state index in [-0.39, 0.29) is 23.4 Å². The maximum absolute atomic E-state index is 13.7. The number of carbonyl (C=O) groups is 1. The lowest BCUT2D eigenvalue weighted by atomic mass is 9.96. The van der Waals surface area contributed by atoms with Gasteiger partial charge in [-0.2, -0.15) is 0 Å². The minimum atomic E-state index is -0.812. The van der Waals surface area contributed by atoms with Crippen molar-refractivity contribution in [2.45, 2.75) is 19.9 Å². The van der Waals surface area contributed by atoms with E-state index in [4.69, 9.17) is 20.8 Å². The molecule has 1 aliphatic heterocycles. The molecule has 5 rings (SSSR count). The van der Waals surface area contributed by atoms with Gasteiger partial charge < -0.3 is 9.15 Å². The van der Waals surface area contributed by atoms with Gasteiger partial charge in [-0.3, -0.25) is 19.5 Å². The summed E-state index contributed by atoms with van der Waals surface area (Å²) in [6, 6.07) is 15.6. The average Bonchev–Trinajstić information content (AvgIpc) is 3.48. The van der Waals surface area contributed by atoms with Crippen LogP contribution in [0, 0.1) is 10.1 Å². The summed E-state index contributed by atoms with van der Waals surface area (Å²) in [5.74, 6) is 0.347. The standard InChI is InChI=1S/C27H20ClN3O6S/c1-3-36-26(33)23-15(2)29-27-30(24(23)19-6-4-5-7-20(19)28)25(32)22(38-27)14-18-12-13-21(37-18)16-8-10-17(11-9-16)31(34)35/h4-14,24H,3H2,1-2H3. The first-order chi connectivity index (χ1) is 18.3. The molecule has 0 saturated carbocycles. The molecule has 0 N–H and O–H groups in total. The highest BCUT2D eigenvalue weighted by Gasteiger charge is 2.34. The summed E-state index contributed by atoms with van der Waals surface area (Å²) in [4.78, 5) is 42.1. The summed E-state index contributed by atoms with van der Waals surface area (Å²) in [6.45, 7) is 3.59. The summed E-state index contributed by atoms with van der Waals surface area (Å²) < 4.78 is 13.0. The number of nitro groups is 1. The Bertz CT molecular complexity index is 1780. The molecule has 1 unspecified atom stereocenters. The van der Waals surface area contributed by atoms with Crippen LogP contribution in [0.4, 0.5) is 5.69 Å². The lowest BCUT2D eigenvalue weighted by molar-refractivity contribution is -0.384. The Labute approximate surface area is 224 Å². The molecular formula is C27H20ClN3O6S. The zero-order chi connectivity index (χ0) is 27.0. The molecule has 3 heterocycles. The van der Waals surface area contributed by atoms with E-state index in [1.54, 1.807) is 68.5 Å². The molecule has 0 spiro atoms. The molecule has 4 aromatic rings. The van der Waals surface area contributed by atoms with Gasteiger partial charge in [0.25, 0.3) is 11.2 Å². The van der Waals surface area contributed by atoms with Crippen LogP contribution in [0.25, 0.3) is 17.4 Å². The highest BCUT2D eigenvalue weighted by molar-refractivity contribution is 7.07. The van der Waals surface area contributed by atoms with Crippen molar-refractivity contribution in [3.63, 3.8) is 0 Å². The van der Waals surface area contributed by atoms with Gasteiger partial charge in [-0.15, -0.1) is 0 Å². The molecule has 2 aromatic heterocycles. The molecule has 11 heteroatoms. The molecule has 192 valence electrons. The highest BCUT2D eigenvalue weighted by Crippen LogP contribution is 2.34. The van der Waals surface area contributed by atoms with E-state index >= 15 is 0 Å². The van der Waals surface area contributed by atoms with Gasteiger partial charge in [0.15, 0.2) is 4.80 Å². The summed E-state index contributed by atoms with van der Waals surface area (Å²) in [7, 11) is 0. The first-order valence-electron chi connectivity index (χ1n) is 11.6. The maximum Gasteiger partial charge on any atom is 0.338 e. The normalized spacial score (nSPS) is 15.2. The van der Waals surface area contributed by atoms with Crippen LogP contribution in [0.2, 0.25) is 5.02 Å². The number of esters is 1. The van der Waals surface area contributed by atoms with Crippen molar-refractivity contribution in [3.05, 3.63) is 118 Å². The van der Waals surface area contributed by atoms with Crippen LogP contribution in [0.5, 0.6) is 0 Å². The third-order valence-electron chi connectivity index (χ3n) is 5.98. The fourth-order valence-electron chi connectivity index (χ4n) is 4.24. The number of ether oxygens (including phenoxy) is 1. The van der Waals surface area contributed by atoms with Crippen molar-refractivity contribution < 1.29 is 18.9 Å². The number of rotatable bonds is 6. The van der Waals surface area contributed by atoms with E-state index in [1.165, 1.54) is 28.0 Å². The van der Waals surface area contributed by atoms with Crippen molar-refractivity contribution in [3.8, 4) is 11.3 Å². The number of hydrogen-bond acceptors (Lipinski definition) is 8. The van der Waals surface area contributed by atoms with Crippen LogP contribution in [0.1, 0.15) is 31.2 Å². The number of hydrogen-bond donors (Lipinski definition) is 0. The predicted molar refractivity (Wildman–Crippen MR) is 143 cm³/mol. The maximum atomic E-state index is 13.7. The zero-order valence-electron chi connectivity index (χ0n) is 20.2. The number of nitrogens with zero attached hydrogens (tertiary/aromatic N) is 3. The molecule has 0 radical (unpaired) electrons. The van der Waals surface area contributed by atoms with Crippen molar-refractivity contribution in [1.82, 2.24) is 4.57 Å². The van der Waals surface area contributed by atoms with E-state index in [9.17, 15) is 19.7 Å². The van der Waals surface area contributed by atoms with E-state index in [0.29, 0.717) is 42.7 Å². The van der Waals surface area contributed by atoms with E-state index in [0.717, 1.165) is 0 Å². The molecule has 0 aliphatic carbocycles. The quantitative estimate of drug-likeness (QED) is 0.197. The molecule has 0 bridgehead atoms. The average molecular weight is 550 g/mol. The second-order valence-corrected chi connectivity index (χ2v) is 9.75. The molecular weight excluding hydrogens is 530 g/mol. The van der Waals surface area contributed by atoms with Crippen molar-refractivity contribution in [1.29, 1.82) is 0 Å². The van der Waals surface area contributed by atoms with Gasteiger partial charge in [0, 0.05) is 28.8 Å². The minimum Gasteiger partial charge on any atom is -0.463 e. The second-order valence-electron chi connectivity index (χ2n) is 8.33. The fraction of sp³-hybridized carbons (Fsp3) is 0.148. The number of nitro benzene ring substituents is 1. The lowest BCUT2D eigenvalue weighted by Gasteiger charge is -2.25. The van der Waals surface area contributed by atoms with Gasteiger partial charge in [-0.1, -0.05) is 41.1 Å². The Morgan fingerprint density at radius 3 is 2.63 bits per heavy atom. The number of fused-ring (bicyclic) bond motifs is 1. The van der Waals surface area contributed by atoms with Crippen molar-refractivity contribution in [2.24, 2.45) is 4.99 Å². The number of thiazole rings is 1. The number of furan rings is 1. The van der Waals surface area contributed by atoms with E-state index < -0.39 is 16.9 Å². The molecule has 0 fully saturated rings. The van der Waals surface area contributed by atoms with Crippen LogP contribution in [-0.2, 0) is 9.53 Å². The summed E-state index contributed by atoms with van der Waals surface area (Å²) in [5, 5.41) is 11.3. The van der Waals surface area contributed by atoms with Crippen LogP contribution in [0.3, 0.4) is 0 Å². The minimum absolute atomic E-state index is 0.0211. The van der Waals surface area contributed by atoms with Gasteiger partial charge in [0.1, 0.15) is 17.6 Å². The van der Waals surface area contributed by atoms with Crippen molar-refractivity contribution in [2.75, 3.05) is 6.61 Å². The molecule has 1 aliphatic rings. The molecule has 0 amide bonds. The van der Waals surface area contributed by atoms with Crippen molar-refractivity contribution >= 4 is 40.7 Å².